The Morgan fingerprint density at radius 3 is 1.68 bits per heavy atom. The molecule has 0 spiro atoms. The number of alkyl halides is 2. The van der Waals surface area contributed by atoms with E-state index in [0.29, 0.717) is 67.0 Å². The molecule has 3 unspecified atom stereocenters. The van der Waals surface area contributed by atoms with Crippen LogP contribution in [-0.2, 0) is 19.2 Å². The second-order valence-electron chi connectivity index (χ2n) is 14.3. The zero-order chi connectivity index (χ0) is 35.1. The van der Waals surface area contributed by atoms with E-state index in [1.54, 1.807) is 21.9 Å². The van der Waals surface area contributed by atoms with Crippen molar-refractivity contribution in [1.82, 2.24) is 5.32 Å². The standard InChI is InChI=1S/C39H37Cl2N3O6/c1-21(45)49-32-14-30-34(28-10-6-4-8-26(28)32)23(17-40)19-43(30)36(47)38(3)13-12-25-16-39(25,42-38)37(48)44-20-24(18-41)35-29-11-7-5-9-27(29)33(15-31(35)44)50-22(2)46/h4-11,14-15,23-25,42H,12-13,16-20H2,1-3H3/t23-,24-,25?,38?,39?/m1/s1. The Labute approximate surface area is 299 Å². The topological polar surface area (TPSA) is 105 Å². The van der Waals surface area contributed by atoms with Crippen LogP contribution in [0.5, 0.6) is 11.5 Å². The quantitative estimate of drug-likeness (QED) is 0.133. The minimum absolute atomic E-state index is 0.0729. The van der Waals surface area contributed by atoms with Crippen molar-refractivity contribution in [3.05, 3.63) is 71.8 Å². The molecule has 1 saturated heterocycles. The summed E-state index contributed by atoms with van der Waals surface area (Å²) >= 11 is 13.1. The fourth-order valence-corrected chi connectivity index (χ4v) is 9.31. The van der Waals surface area contributed by atoms with E-state index in [1.165, 1.54) is 13.8 Å². The lowest BCUT2D eigenvalue weighted by atomic mass is 9.85. The number of esters is 2. The largest absolute Gasteiger partial charge is 0.426 e. The summed E-state index contributed by atoms with van der Waals surface area (Å²) in [5.41, 5.74) is 1.26. The maximum atomic E-state index is 14.8. The van der Waals surface area contributed by atoms with Crippen LogP contribution in [0.15, 0.2) is 60.7 Å². The molecule has 1 N–H and O–H groups in total. The average molecular weight is 715 g/mol. The molecular weight excluding hydrogens is 677 g/mol. The van der Waals surface area contributed by atoms with E-state index >= 15 is 0 Å². The summed E-state index contributed by atoms with van der Waals surface area (Å²) in [6.45, 7) is 5.35. The van der Waals surface area contributed by atoms with Gasteiger partial charge in [-0.1, -0.05) is 48.5 Å². The Balaban J connectivity index is 1.15. The summed E-state index contributed by atoms with van der Waals surface area (Å²) in [6.07, 6.45) is 1.86. The molecule has 0 bridgehead atoms. The molecule has 8 rings (SSSR count). The first-order valence-electron chi connectivity index (χ1n) is 17.0. The third kappa shape index (κ3) is 5.00. The maximum Gasteiger partial charge on any atom is 0.308 e. The van der Waals surface area contributed by atoms with Gasteiger partial charge in [0.25, 0.3) is 0 Å². The monoisotopic (exact) mass is 713 g/mol. The van der Waals surface area contributed by atoms with Gasteiger partial charge < -0.3 is 19.3 Å². The van der Waals surface area contributed by atoms with E-state index in [-0.39, 0.29) is 29.6 Å². The number of nitrogens with zero attached hydrogens (tertiary/aromatic N) is 2. The molecule has 5 atom stereocenters. The number of ether oxygens (including phenoxy) is 2. The van der Waals surface area contributed by atoms with Crippen LogP contribution in [-0.4, -0.2) is 59.7 Å². The number of nitrogens with one attached hydrogen (secondary N) is 1. The van der Waals surface area contributed by atoms with E-state index in [1.807, 2.05) is 55.5 Å². The van der Waals surface area contributed by atoms with Crippen molar-refractivity contribution in [2.75, 3.05) is 34.6 Å². The van der Waals surface area contributed by atoms with Crippen molar-refractivity contribution in [1.29, 1.82) is 0 Å². The predicted octanol–water partition coefficient (Wildman–Crippen LogP) is 6.78. The third-order valence-corrected chi connectivity index (χ3v) is 11.8. The number of carbonyl (C=O) groups is 4. The molecular formula is C39H37Cl2N3O6. The molecule has 2 fully saturated rings. The molecule has 258 valence electrons. The van der Waals surface area contributed by atoms with E-state index in [2.05, 4.69) is 5.32 Å². The van der Waals surface area contributed by atoms with Crippen molar-refractivity contribution >= 4 is 79.9 Å². The van der Waals surface area contributed by atoms with Crippen molar-refractivity contribution in [3.8, 4) is 11.5 Å². The van der Waals surface area contributed by atoms with Crippen molar-refractivity contribution in [2.24, 2.45) is 5.92 Å². The van der Waals surface area contributed by atoms with Crippen LogP contribution in [0.3, 0.4) is 0 Å². The van der Waals surface area contributed by atoms with Gasteiger partial charge in [0, 0.05) is 73.4 Å². The third-order valence-electron chi connectivity index (χ3n) is 11.1. The second-order valence-corrected chi connectivity index (χ2v) is 14.9. The number of benzene rings is 4. The number of amides is 2. The summed E-state index contributed by atoms with van der Waals surface area (Å²) in [4.78, 5) is 57.3. The van der Waals surface area contributed by atoms with Gasteiger partial charge in [0.15, 0.2) is 0 Å². The molecule has 9 nitrogen and oxygen atoms in total. The SMILES string of the molecule is CC(=O)Oc1cc2c(c3ccccc13)[C@H](CCl)CN2C(=O)C1(C)CCC2CC2(C(=O)N2C[C@@H](CCl)c3c2cc(OC(C)=O)c2ccccc32)N1. The lowest BCUT2D eigenvalue weighted by Gasteiger charge is -2.41. The molecule has 0 radical (unpaired) electrons. The van der Waals surface area contributed by atoms with Gasteiger partial charge in [0.1, 0.15) is 17.0 Å². The van der Waals surface area contributed by atoms with E-state index in [4.69, 9.17) is 32.7 Å². The first kappa shape index (κ1) is 33.0. The highest BCUT2D eigenvalue weighted by atomic mass is 35.5. The zero-order valence-corrected chi connectivity index (χ0v) is 29.6. The van der Waals surface area contributed by atoms with Gasteiger partial charge in [-0.3, -0.25) is 24.5 Å². The van der Waals surface area contributed by atoms with Gasteiger partial charge in [0.05, 0.1) is 16.9 Å². The lowest BCUT2D eigenvalue weighted by molar-refractivity contribution is -0.132. The first-order chi connectivity index (χ1) is 24.0. The average Bonchev–Trinajstić information content (AvgIpc) is 3.53. The Morgan fingerprint density at radius 1 is 0.760 bits per heavy atom. The van der Waals surface area contributed by atoms with Gasteiger partial charge >= 0.3 is 11.9 Å². The maximum absolute atomic E-state index is 14.8. The zero-order valence-electron chi connectivity index (χ0n) is 28.1. The summed E-state index contributed by atoms with van der Waals surface area (Å²) in [7, 11) is 0. The molecule has 4 aliphatic rings. The summed E-state index contributed by atoms with van der Waals surface area (Å²) < 4.78 is 11.3. The Kier molecular flexibility index (Phi) is 7.89. The van der Waals surface area contributed by atoms with Crippen LogP contribution < -0.4 is 24.6 Å². The number of hydrogen-bond acceptors (Lipinski definition) is 7. The van der Waals surface area contributed by atoms with Crippen LogP contribution in [0.1, 0.15) is 63.0 Å². The summed E-state index contributed by atoms with van der Waals surface area (Å²) in [6, 6.07) is 18.9. The molecule has 11 heteroatoms. The van der Waals surface area contributed by atoms with Crippen LogP contribution in [0.4, 0.5) is 11.4 Å². The van der Waals surface area contributed by atoms with Gasteiger partial charge in [-0.15, -0.1) is 23.2 Å². The fourth-order valence-electron chi connectivity index (χ4n) is 8.80. The van der Waals surface area contributed by atoms with Crippen molar-refractivity contribution < 1.29 is 28.7 Å². The molecule has 1 saturated carbocycles. The van der Waals surface area contributed by atoms with Crippen LogP contribution >= 0.6 is 23.2 Å². The fraction of sp³-hybridized carbons (Fsp3) is 0.385. The Bertz CT molecular complexity index is 2000. The Hall–Kier alpha value is -4.18. The minimum atomic E-state index is -1.06. The Morgan fingerprint density at radius 2 is 1.22 bits per heavy atom. The molecule has 2 amide bonds. The van der Waals surface area contributed by atoms with Gasteiger partial charge in [-0.25, -0.2) is 0 Å². The van der Waals surface area contributed by atoms with Gasteiger partial charge in [-0.05, 0) is 54.0 Å². The highest BCUT2D eigenvalue weighted by Gasteiger charge is 2.67. The molecule has 3 heterocycles. The van der Waals surface area contributed by atoms with Gasteiger partial charge in [-0.2, -0.15) is 0 Å². The first-order valence-corrected chi connectivity index (χ1v) is 18.1. The number of hydrogen-bond donors (Lipinski definition) is 1. The minimum Gasteiger partial charge on any atom is -0.426 e. The number of piperidine rings is 1. The van der Waals surface area contributed by atoms with Crippen LogP contribution in [0, 0.1) is 5.92 Å². The van der Waals surface area contributed by atoms with E-state index in [9.17, 15) is 19.2 Å². The number of carbonyl (C=O) groups excluding carboxylic acids is 4. The molecule has 3 aliphatic heterocycles. The number of fused-ring (bicyclic) bond motifs is 7. The highest BCUT2D eigenvalue weighted by Crippen LogP contribution is 2.56. The number of rotatable bonds is 6. The van der Waals surface area contributed by atoms with Gasteiger partial charge in [0.2, 0.25) is 11.8 Å². The lowest BCUT2D eigenvalue weighted by Crippen LogP contribution is -2.66. The number of halogens is 2. The highest BCUT2D eigenvalue weighted by molar-refractivity contribution is 6.20. The van der Waals surface area contributed by atoms with Crippen molar-refractivity contribution in [3.63, 3.8) is 0 Å². The molecule has 50 heavy (non-hydrogen) atoms. The van der Waals surface area contributed by atoms with Crippen LogP contribution in [0.2, 0.25) is 0 Å². The van der Waals surface area contributed by atoms with E-state index < -0.39 is 23.0 Å². The van der Waals surface area contributed by atoms with Crippen LogP contribution in [0.25, 0.3) is 21.5 Å². The second kappa shape index (κ2) is 12.0. The summed E-state index contributed by atoms with van der Waals surface area (Å²) in [5, 5.41) is 6.96. The molecule has 1 aliphatic carbocycles. The number of anilines is 2. The normalized spacial score (nSPS) is 26.4. The predicted molar refractivity (Wildman–Crippen MR) is 194 cm³/mol. The van der Waals surface area contributed by atoms with Crippen molar-refractivity contribution in [2.45, 2.75) is 62.9 Å². The van der Waals surface area contributed by atoms with E-state index in [0.717, 1.165) is 32.7 Å². The smallest absolute Gasteiger partial charge is 0.308 e. The molecule has 0 aromatic heterocycles. The molecule has 4 aromatic rings. The summed E-state index contributed by atoms with van der Waals surface area (Å²) in [5.74, 6) is 0.0659. The molecule has 4 aromatic carbocycles.